The number of hydrogen-bond acceptors (Lipinski definition) is 6. The molecule has 0 bridgehead atoms. The van der Waals surface area contributed by atoms with Gasteiger partial charge < -0.3 is 0 Å². The predicted octanol–water partition coefficient (Wildman–Crippen LogP) is 3.18. The maximum absolute atomic E-state index is 12.7. The summed E-state index contributed by atoms with van der Waals surface area (Å²) in [5.41, 5.74) is 0.452. The molecule has 0 saturated carbocycles. The van der Waals surface area contributed by atoms with Crippen molar-refractivity contribution in [2.45, 2.75) is 31.1 Å². The van der Waals surface area contributed by atoms with Crippen LogP contribution in [0.4, 0.5) is 5.13 Å². The van der Waals surface area contributed by atoms with Gasteiger partial charge in [-0.3, -0.25) is 9.71 Å². The van der Waals surface area contributed by atoms with Crippen molar-refractivity contribution in [3.05, 3.63) is 41.5 Å². The van der Waals surface area contributed by atoms with Crippen LogP contribution in [0.15, 0.2) is 41.4 Å². The van der Waals surface area contributed by atoms with Gasteiger partial charge in [-0.1, -0.05) is 38.2 Å². The number of hydrogen-bond donors (Lipinski definition) is 1. The highest BCUT2D eigenvalue weighted by Gasteiger charge is 2.23. The largest absolute Gasteiger partial charge is 0.264 e. The normalized spacial score (nSPS) is 12.5. The Bertz CT molecular complexity index is 954. The molecule has 0 radical (unpaired) electrons. The molecular formula is C15H16N4O2S2. The fourth-order valence-corrected chi connectivity index (χ4v) is 4.30. The standard InChI is InChI=1S/C15H16N4O2S2/c1-15(2,3)13-17-18-14(22-13)19-23(20,21)12-8-4-7-11-10(12)6-5-9-16-11/h4-9H,1-3H3,(H,18,19). The van der Waals surface area contributed by atoms with Crippen molar-refractivity contribution in [1.82, 2.24) is 15.2 Å². The molecule has 0 unspecified atom stereocenters. The number of nitrogens with one attached hydrogen (secondary N) is 1. The first kappa shape index (κ1) is 15.8. The van der Waals surface area contributed by atoms with Crippen molar-refractivity contribution in [3.63, 3.8) is 0 Å². The number of benzene rings is 1. The van der Waals surface area contributed by atoms with Crippen molar-refractivity contribution in [2.75, 3.05) is 4.72 Å². The van der Waals surface area contributed by atoms with Gasteiger partial charge >= 0.3 is 0 Å². The maximum atomic E-state index is 12.7. The van der Waals surface area contributed by atoms with E-state index in [4.69, 9.17) is 0 Å². The summed E-state index contributed by atoms with van der Waals surface area (Å²) in [6, 6.07) is 8.45. The maximum Gasteiger partial charge on any atom is 0.264 e. The minimum Gasteiger partial charge on any atom is -0.256 e. The lowest BCUT2D eigenvalue weighted by molar-refractivity contribution is 0.578. The fraction of sp³-hybridized carbons (Fsp3) is 0.267. The first-order valence-electron chi connectivity index (χ1n) is 6.98. The lowest BCUT2D eigenvalue weighted by Crippen LogP contribution is -2.13. The molecule has 6 nitrogen and oxygen atoms in total. The van der Waals surface area contributed by atoms with E-state index in [-0.39, 0.29) is 15.4 Å². The number of sulfonamides is 1. The van der Waals surface area contributed by atoms with Crippen LogP contribution in [0.25, 0.3) is 10.9 Å². The molecule has 0 aliphatic carbocycles. The number of anilines is 1. The molecule has 3 rings (SSSR count). The SMILES string of the molecule is CC(C)(C)c1nnc(NS(=O)(=O)c2cccc3ncccc23)s1. The third-order valence-corrected chi connectivity index (χ3v) is 5.97. The van der Waals surface area contributed by atoms with Gasteiger partial charge in [-0.25, -0.2) is 8.42 Å². The Morgan fingerprint density at radius 2 is 1.87 bits per heavy atom. The molecule has 8 heteroatoms. The smallest absolute Gasteiger partial charge is 0.256 e. The number of aromatic nitrogens is 3. The van der Waals surface area contributed by atoms with Crippen molar-refractivity contribution in [1.29, 1.82) is 0 Å². The Morgan fingerprint density at radius 3 is 2.57 bits per heavy atom. The van der Waals surface area contributed by atoms with E-state index in [2.05, 4.69) is 19.9 Å². The number of nitrogens with zero attached hydrogens (tertiary/aromatic N) is 3. The van der Waals surface area contributed by atoms with E-state index < -0.39 is 10.0 Å². The fourth-order valence-electron chi connectivity index (χ4n) is 2.05. The molecule has 0 spiro atoms. The van der Waals surface area contributed by atoms with Gasteiger partial charge in [-0.15, -0.1) is 10.2 Å². The summed E-state index contributed by atoms with van der Waals surface area (Å²) in [6.45, 7) is 6.01. The molecule has 3 aromatic rings. The molecule has 120 valence electrons. The zero-order valence-electron chi connectivity index (χ0n) is 12.9. The highest BCUT2D eigenvalue weighted by Crippen LogP contribution is 2.30. The van der Waals surface area contributed by atoms with E-state index in [1.54, 1.807) is 36.5 Å². The van der Waals surface area contributed by atoms with Crippen LogP contribution in [0, 0.1) is 0 Å². The molecule has 1 aromatic carbocycles. The number of fused-ring (bicyclic) bond motifs is 1. The third-order valence-electron chi connectivity index (χ3n) is 3.18. The lowest BCUT2D eigenvalue weighted by Gasteiger charge is -2.12. The molecular weight excluding hydrogens is 332 g/mol. The highest BCUT2D eigenvalue weighted by molar-refractivity contribution is 7.93. The summed E-state index contributed by atoms with van der Waals surface area (Å²) < 4.78 is 27.9. The summed E-state index contributed by atoms with van der Waals surface area (Å²) in [6.07, 6.45) is 1.63. The van der Waals surface area contributed by atoms with Crippen LogP contribution in [0.3, 0.4) is 0 Å². The zero-order chi connectivity index (χ0) is 16.7. The van der Waals surface area contributed by atoms with Crippen molar-refractivity contribution in [2.24, 2.45) is 0 Å². The molecule has 2 heterocycles. The molecule has 0 aliphatic heterocycles. The summed E-state index contributed by atoms with van der Waals surface area (Å²) in [5, 5.41) is 9.60. The van der Waals surface area contributed by atoms with Gasteiger partial charge in [0.2, 0.25) is 5.13 Å². The Labute approximate surface area is 138 Å². The Hall–Kier alpha value is -2.06. The van der Waals surface area contributed by atoms with Gasteiger partial charge in [-0.05, 0) is 24.3 Å². The molecule has 0 amide bonds. The van der Waals surface area contributed by atoms with E-state index in [9.17, 15) is 8.42 Å². The summed E-state index contributed by atoms with van der Waals surface area (Å²) >= 11 is 1.24. The second kappa shape index (κ2) is 5.54. The quantitative estimate of drug-likeness (QED) is 0.786. The van der Waals surface area contributed by atoms with Crippen LogP contribution < -0.4 is 4.72 Å². The van der Waals surface area contributed by atoms with Crippen LogP contribution in [0.1, 0.15) is 25.8 Å². The second-order valence-electron chi connectivity index (χ2n) is 6.09. The van der Waals surface area contributed by atoms with Gasteiger partial charge in [0.15, 0.2) is 0 Å². The molecule has 0 aliphatic rings. The summed E-state index contributed by atoms with van der Waals surface area (Å²) in [4.78, 5) is 4.36. The van der Waals surface area contributed by atoms with E-state index in [1.807, 2.05) is 20.8 Å². The van der Waals surface area contributed by atoms with E-state index in [0.29, 0.717) is 10.9 Å². The monoisotopic (exact) mass is 348 g/mol. The zero-order valence-corrected chi connectivity index (χ0v) is 14.6. The minimum absolute atomic E-state index is 0.176. The van der Waals surface area contributed by atoms with Gasteiger partial charge in [0.1, 0.15) is 5.01 Å². The van der Waals surface area contributed by atoms with E-state index in [1.165, 1.54) is 11.3 Å². The average molecular weight is 348 g/mol. The van der Waals surface area contributed by atoms with Gasteiger partial charge in [0.25, 0.3) is 10.0 Å². The second-order valence-corrected chi connectivity index (χ2v) is 8.72. The average Bonchev–Trinajstić information content (AvgIpc) is 2.94. The predicted molar refractivity (Wildman–Crippen MR) is 91.2 cm³/mol. The van der Waals surface area contributed by atoms with Crippen LogP contribution >= 0.6 is 11.3 Å². The van der Waals surface area contributed by atoms with Crippen LogP contribution in [0.2, 0.25) is 0 Å². The minimum atomic E-state index is -3.75. The highest BCUT2D eigenvalue weighted by atomic mass is 32.2. The first-order chi connectivity index (χ1) is 10.8. The van der Waals surface area contributed by atoms with Gasteiger partial charge in [-0.2, -0.15) is 0 Å². The molecule has 2 aromatic heterocycles. The number of rotatable bonds is 3. The molecule has 0 fully saturated rings. The van der Waals surface area contributed by atoms with Gasteiger partial charge in [0.05, 0.1) is 10.4 Å². The lowest BCUT2D eigenvalue weighted by atomic mass is 9.98. The first-order valence-corrected chi connectivity index (χ1v) is 9.28. The molecule has 1 N–H and O–H groups in total. The Kier molecular flexibility index (Phi) is 3.81. The summed E-state index contributed by atoms with van der Waals surface area (Å²) in [7, 11) is -3.75. The molecule has 0 saturated heterocycles. The molecule has 23 heavy (non-hydrogen) atoms. The topological polar surface area (TPSA) is 84.8 Å². The van der Waals surface area contributed by atoms with E-state index >= 15 is 0 Å². The number of pyridine rings is 1. The van der Waals surface area contributed by atoms with Crippen LogP contribution in [0.5, 0.6) is 0 Å². The third kappa shape index (κ3) is 3.18. The Morgan fingerprint density at radius 1 is 1.09 bits per heavy atom. The van der Waals surface area contributed by atoms with Gasteiger partial charge in [0, 0.05) is 17.0 Å². The Balaban J connectivity index is 2.00. The van der Waals surface area contributed by atoms with Crippen molar-refractivity contribution < 1.29 is 8.42 Å². The summed E-state index contributed by atoms with van der Waals surface area (Å²) in [5.74, 6) is 0. The van der Waals surface area contributed by atoms with Crippen LogP contribution in [-0.4, -0.2) is 23.6 Å². The van der Waals surface area contributed by atoms with Crippen molar-refractivity contribution in [3.8, 4) is 0 Å². The molecule has 0 atom stereocenters. The van der Waals surface area contributed by atoms with Crippen LogP contribution in [-0.2, 0) is 15.4 Å². The van der Waals surface area contributed by atoms with Crippen molar-refractivity contribution >= 4 is 37.4 Å². The van der Waals surface area contributed by atoms with E-state index in [0.717, 1.165) is 5.01 Å².